The number of hydrogen-bond donors (Lipinski definition) is 0. The van der Waals surface area contributed by atoms with E-state index in [2.05, 4.69) is 0 Å². The third-order valence-electron chi connectivity index (χ3n) is 3.38. The normalized spacial score (nSPS) is 29.4. The summed E-state index contributed by atoms with van der Waals surface area (Å²) in [7, 11) is 0. The maximum Gasteiger partial charge on any atom is 0.325 e. The molecule has 1 saturated carbocycles. The maximum atomic E-state index is 11.6. The highest BCUT2D eigenvalue weighted by Gasteiger charge is 2.42. The summed E-state index contributed by atoms with van der Waals surface area (Å²) in [5.41, 5.74) is 0. The molecule has 1 saturated heterocycles. The largest absolute Gasteiger partial charge is 0.465 e. The molecule has 0 aromatic heterocycles. The number of rotatable bonds is 3. The molecule has 0 N–H and O–H groups in total. The van der Waals surface area contributed by atoms with Crippen LogP contribution < -0.4 is 0 Å². The lowest BCUT2D eigenvalue weighted by Crippen LogP contribution is -2.38. The van der Waals surface area contributed by atoms with Gasteiger partial charge >= 0.3 is 5.97 Å². The minimum absolute atomic E-state index is 0.123. The highest BCUT2D eigenvalue weighted by Crippen LogP contribution is 2.38. The number of hydrogen-bond acceptors (Lipinski definition) is 3. The Balaban J connectivity index is 1.95. The molecule has 2 aliphatic rings. The van der Waals surface area contributed by atoms with Gasteiger partial charge in [0.25, 0.3) is 0 Å². The molecule has 0 bridgehead atoms. The summed E-state index contributed by atoms with van der Waals surface area (Å²) >= 11 is 0. The average Bonchev–Trinajstić information content (AvgIpc) is 2.71. The van der Waals surface area contributed by atoms with E-state index < -0.39 is 0 Å². The molecular formula is C11H17NO3. The zero-order chi connectivity index (χ0) is 10.8. The van der Waals surface area contributed by atoms with Crippen LogP contribution in [0.2, 0.25) is 0 Å². The van der Waals surface area contributed by atoms with E-state index in [0.29, 0.717) is 25.0 Å². The van der Waals surface area contributed by atoms with E-state index in [9.17, 15) is 9.59 Å². The summed E-state index contributed by atoms with van der Waals surface area (Å²) < 4.78 is 4.87. The van der Waals surface area contributed by atoms with Gasteiger partial charge in [0.05, 0.1) is 6.61 Å². The molecule has 1 amide bonds. The van der Waals surface area contributed by atoms with E-state index in [1.54, 1.807) is 11.8 Å². The van der Waals surface area contributed by atoms with Crippen LogP contribution in [-0.4, -0.2) is 36.0 Å². The fourth-order valence-corrected chi connectivity index (χ4v) is 2.74. The number of amides is 1. The van der Waals surface area contributed by atoms with Crippen LogP contribution in [0.1, 0.15) is 32.6 Å². The second kappa shape index (κ2) is 4.21. The predicted octanol–water partition coefficient (Wildman–Crippen LogP) is 0.950. The lowest BCUT2D eigenvalue weighted by molar-refractivity contribution is -0.148. The molecule has 1 aliphatic carbocycles. The second-order valence-electron chi connectivity index (χ2n) is 4.29. The molecule has 2 rings (SSSR count). The van der Waals surface area contributed by atoms with Gasteiger partial charge in [-0.3, -0.25) is 9.59 Å². The van der Waals surface area contributed by atoms with E-state index in [1.807, 2.05) is 0 Å². The van der Waals surface area contributed by atoms with Crippen molar-refractivity contribution in [3.8, 4) is 0 Å². The van der Waals surface area contributed by atoms with E-state index in [0.717, 1.165) is 12.8 Å². The average molecular weight is 211 g/mol. The smallest absolute Gasteiger partial charge is 0.325 e. The van der Waals surface area contributed by atoms with E-state index >= 15 is 0 Å². The fraction of sp³-hybridized carbons (Fsp3) is 0.818. The number of carbonyl (C=O) groups is 2. The van der Waals surface area contributed by atoms with Crippen LogP contribution in [0.4, 0.5) is 0 Å². The lowest BCUT2D eigenvalue weighted by Gasteiger charge is -2.22. The first-order valence-electron chi connectivity index (χ1n) is 5.67. The number of esters is 1. The fourth-order valence-electron chi connectivity index (χ4n) is 2.74. The van der Waals surface area contributed by atoms with Gasteiger partial charge in [0, 0.05) is 12.5 Å². The molecule has 15 heavy (non-hydrogen) atoms. The van der Waals surface area contributed by atoms with Crippen LogP contribution in [0.25, 0.3) is 0 Å². The van der Waals surface area contributed by atoms with Crippen molar-refractivity contribution in [2.75, 3.05) is 13.2 Å². The Morgan fingerprint density at radius 1 is 1.53 bits per heavy atom. The van der Waals surface area contributed by atoms with Gasteiger partial charge in [0.1, 0.15) is 6.54 Å². The molecule has 0 radical (unpaired) electrons. The first-order valence-corrected chi connectivity index (χ1v) is 5.67. The first kappa shape index (κ1) is 10.5. The highest BCUT2D eigenvalue weighted by atomic mass is 16.5. The standard InChI is InChI=1S/C11H17NO3/c1-2-15-11(14)7-12-9-5-3-4-8(9)6-10(12)13/h8-9H,2-7H2,1H3/t8-,9-/m0/s1. The topological polar surface area (TPSA) is 46.6 Å². The van der Waals surface area contributed by atoms with Crippen molar-refractivity contribution in [1.29, 1.82) is 0 Å². The van der Waals surface area contributed by atoms with Crippen LogP contribution in [0, 0.1) is 5.92 Å². The summed E-state index contributed by atoms with van der Waals surface area (Å²) in [6, 6.07) is 0.307. The van der Waals surface area contributed by atoms with Gasteiger partial charge in [-0.1, -0.05) is 6.42 Å². The lowest BCUT2D eigenvalue weighted by atomic mass is 10.0. The van der Waals surface area contributed by atoms with Crippen molar-refractivity contribution in [3.05, 3.63) is 0 Å². The van der Waals surface area contributed by atoms with Gasteiger partial charge in [0.2, 0.25) is 5.91 Å². The zero-order valence-electron chi connectivity index (χ0n) is 9.07. The molecule has 84 valence electrons. The van der Waals surface area contributed by atoms with Crippen LogP contribution in [-0.2, 0) is 14.3 Å². The molecule has 0 unspecified atom stereocenters. The van der Waals surface area contributed by atoms with Crippen molar-refractivity contribution >= 4 is 11.9 Å². The second-order valence-corrected chi connectivity index (χ2v) is 4.29. The molecule has 1 heterocycles. The van der Waals surface area contributed by atoms with E-state index in [-0.39, 0.29) is 18.4 Å². The molecule has 0 spiro atoms. The van der Waals surface area contributed by atoms with Crippen molar-refractivity contribution in [3.63, 3.8) is 0 Å². The van der Waals surface area contributed by atoms with E-state index in [1.165, 1.54) is 6.42 Å². The minimum atomic E-state index is -0.279. The Kier molecular flexibility index (Phi) is 2.93. The summed E-state index contributed by atoms with van der Waals surface area (Å²) in [6.45, 7) is 2.31. The number of fused-ring (bicyclic) bond motifs is 1. The van der Waals surface area contributed by atoms with Crippen molar-refractivity contribution in [2.45, 2.75) is 38.6 Å². The maximum absolute atomic E-state index is 11.6. The molecule has 4 nitrogen and oxygen atoms in total. The van der Waals surface area contributed by atoms with Gasteiger partial charge in [-0.25, -0.2) is 0 Å². The molecule has 1 aliphatic heterocycles. The number of likely N-dealkylation sites (tertiary alicyclic amines) is 1. The summed E-state index contributed by atoms with van der Waals surface area (Å²) in [5, 5.41) is 0. The molecule has 0 aromatic rings. The Bertz CT molecular complexity index is 277. The summed E-state index contributed by atoms with van der Waals surface area (Å²) in [5.74, 6) is 0.336. The number of carbonyl (C=O) groups excluding carboxylic acids is 2. The van der Waals surface area contributed by atoms with Gasteiger partial charge < -0.3 is 9.64 Å². The Morgan fingerprint density at radius 3 is 3.07 bits per heavy atom. The minimum Gasteiger partial charge on any atom is -0.465 e. The molecule has 2 fully saturated rings. The summed E-state index contributed by atoms with van der Waals surface area (Å²) in [6.07, 6.45) is 4.00. The first-order chi connectivity index (χ1) is 7.22. The van der Waals surface area contributed by atoms with Crippen LogP contribution in [0.3, 0.4) is 0 Å². The van der Waals surface area contributed by atoms with Crippen LogP contribution in [0.5, 0.6) is 0 Å². The Hall–Kier alpha value is -1.06. The van der Waals surface area contributed by atoms with Crippen LogP contribution in [0.15, 0.2) is 0 Å². The van der Waals surface area contributed by atoms with Gasteiger partial charge in [-0.15, -0.1) is 0 Å². The number of nitrogens with zero attached hydrogens (tertiary/aromatic N) is 1. The van der Waals surface area contributed by atoms with Gasteiger partial charge in [0.15, 0.2) is 0 Å². The highest BCUT2D eigenvalue weighted by molar-refractivity contribution is 5.84. The molecule has 2 atom stereocenters. The SMILES string of the molecule is CCOC(=O)CN1C(=O)C[C@@H]2CCC[C@@H]21. The van der Waals surface area contributed by atoms with E-state index in [4.69, 9.17) is 4.74 Å². The van der Waals surface area contributed by atoms with Gasteiger partial charge in [-0.05, 0) is 25.7 Å². The third-order valence-corrected chi connectivity index (χ3v) is 3.38. The quantitative estimate of drug-likeness (QED) is 0.653. The van der Waals surface area contributed by atoms with Crippen molar-refractivity contribution in [1.82, 2.24) is 4.90 Å². The summed E-state index contributed by atoms with van der Waals surface area (Å²) in [4.78, 5) is 24.7. The molecular weight excluding hydrogens is 194 g/mol. The number of ether oxygens (including phenoxy) is 1. The predicted molar refractivity (Wildman–Crippen MR) is 54.1 cm³/mol. The van der Waals surface area contributed by atoms with Crippen LogP contribution >= 0.6 is 0 Å². The Labute approximate surface area is 89.6 Å². The third kappa shape index (κ3) is 1.98. The Morgan fingerprint density at radius 2 is 2.33 bits per heavy atom. The van der Waals surface area contributed by atoms with Crippen molar-refractivity contribution < 1.29 is 14.3 Å². The zero-order valence-corrected chi connectivity index (χ0v) is 9.07. The van der Waals surface area contributed by atoms with Gasteiger partial charge in [-0.2, -0.15) is 0 Å². The monoisotopic (exact) mass is 211 g/mol. The van der Waals surface area contributed by atoms with Crippen molar-refractivity contribution in [2.24, 2.45) is 5.92 Å². The molecule has 4 heteroatoms. The molecule has 0 aromatic carbocycles.